The van der Waals surface area contributed by atoms with E-state index in [-0.39, 0.29) is 25.3 Å². The second-order valence-corrected chi connectivity index (χ2v) is 10.1. The number of benzene rings is 2. The fourth-order valence-corrected chi connectivity index (χ4v) is 5.16. The van der Waals surface area contributed by atoms with E-state index < -0.39 is 28.5 Å². The second-order valence-electron chi connectivity index (χ2n) is 8.46. The van der Waals surface area contributed by atoms with Crippen LogP contribution in [0.2, 0.25) is 5.02 Å². The Morgan fingerprint density at radius 2 is 1.94 bits per heavy atom. The van der Waals surface area contributed by atoms with Gasteiger partial charge >= 0.3 is 12.1 Å². The Morgan fingerprint density at radius 3 is 2.64 bits per heavy atom. The number of carbonyl (C=O) groups is 4. The number of thioether (sulfide) groups is 1. The van der Waals surface area contributed by atoms with Crippen molar-refractivity contribution >= 4 is 46.6 Å². The maximum atomic E-state index is 12.5. The maximum Gasteiger partial charge on any atom is 0.410 e. The molecule has 9 nitrogen and oxygen atoms in total. The largest absolute Gasteiger partial charge is 0.491 e. The highest BCUT2D eigenvalue weighted by molar-refractivity contribution is 8.15. The molecule has 0 aromatic heterocycles. The highest BCUT2D eigenvalue weighted by atomic mass is 35.5. The number of esters is 1. The van der Waals surface area contributed by atoms with E-state index in [9.17, 15) is 19.2 Å². The first-order chi connectivity index (χ1) is 17.2. The molecule has 0 spiro atoms. The van der Waals surface area contributed by atoms with Gasteiger partial charge in [-0.2, -0.15) is 0 Å². The van der Waals surface area contributed by atoms with Crippen LogP contribution in [0.3, 0.4) is 0 Å². The number of nitrogens with zero attached hydrogens (tertiary/aromatic N) is 2. The molecule has 2 saturated heterocycles. The molecule has 1 unspecified atom stereocenters. The van der Waals surface area contributed by atoms with Gasteiger partial charge in [0.2, 0.25) is 5.91 Å². The van der Waals surface area contributed by atoms with Gasteiger partial charge in [0, 0.05) is 5.02 Å². The number of methoxy groups -OCH3 is 1. The lowest BCUT2D eigenvalue weighted by atomic mass is 10.1. The van der Waals surface area contributed by atoms with Crippen LogP contribution in [0.25, 0.3) is 0 Å². The first-order valence-corrected chi connectivity index (χ1v) is 12.5. The Kier molecular flexibility index (Phi) is 8.05. The lowest BCUT2D eigenvalue weighted by Gasteiger charge is -2.22. The number of rotatable bonds is 9. The zero-order valence-electron chi connectivity index (χ0n) is 19.7. The first kappa shape index (κ1) is 25.8. The monoisotopic (exact) mass is 532 g/mol. The zero-order chi connectivity index (χ0) is 25.8. The first-order valence-electron chi connectivity index (χ1n) is 11.3. The van der Waals surface area contributed by atoms with E-state index in [1.807, 2.05) is 31.2 Å². The lowest BCUT2D eigenvalue weighted by Crippen LogP contribution is -2.38. The Labute approximate surface area is 217 Å². The van der Waals surface area contributed by atoms with Gasteiger partial charge in [-0.15, -0.1) is 0 Å². The van der Waals surface area contributed by atoms with Crippen LogP contribution in [-0.2, 0) is 25.5 Å². The molecule has 11 heteroatoms. The topological polar surface area (TPSA) is 102 Å². The third-order valence-electron chi connectivity index (χ3n) is 5.95. The van der Waals surface area contributed by atoms with Gasteiger partial charge in [-0.3, -0.25) is 24.2 Å². The Morgan fingerprint density at radius 1 is 1.19 bits per heavy atom. The van der Waals surface area contributed by atoms with Crippen molar-refractivity contribution in [3.05, 3.63) is 64.7 Å². The zero-order valence-corrected chi connectivity index (χ0v) is 21.3. The number of cyclic esters (lactones) is 1. The summed E-state index contributed by atoms with van der Waals surface area (Å²) in [5.74, 6) is -0.438. The molecule has 4 rings (SSSR count). The van der Waals surface area contributed by atoms with Crippen LogP contribution in [-0.4, -0.2) is 71.1 Å². The van der Waals surface area contributed by atoms with E-state index in [1.165, 1.54) is 7.11 Å². The third kappa shape index (κ3) is 5.93. The van der Waals surface area contributed by atoms with E-state index in [4.69, 9.17) is 21.1 Å². The molecular formula is C25H25ClN2O7S. The summed E-state index contributed by atoms with van der Waals surface area (Å²) in [6, 6.07) is 14.2. The van der Waals surface area contributed by atoms with Crippen LogP contribution in [0.4, 0.5) is 9.59 Å². The number of hydrogen-bond donors (Lipinski definition) is 0. The van der Waals surface area contributed by atoms with E-state index >= 15 is 0 Å². The van der Waals surface area contributed by atoms with Gasteiger partial charge in [-0.1, -0.05) is 47.6 Å². The molecule has 2 aliphatic heterocycles. The van der Waals surface area contributed by atoms with Gasteiger partial charge in [0.15, 0.2) is 0 Å². The smallest absolute Gasteiger partial charge is 0.410 e. The average Bonchev–Trinajstić information content (AvgIpc) is 3.38. The van der Waals surface area contributed by atoms with Crippen molar-refractivity contribution in [1.82, 2.24) is 9.80 Å². The molecule has 36 heavy (non-hydrogen) atoms. The minimum Gasteiger partial charge on any atom is -0.491 e. The normalized spacial score (nSPS) is 20.5. The Bertz CT molecular complexity index is 1160. The molecule has 0 aliphatic carbocycles. The van der Waals surface area contributed by atoms with Crippen LogP contribution >= 0.6 is 23.4 Å². The number of amides is 3. The molecule has 2 aromatic carbocycles. The predicted octanol–water partition coefficient (Wildman–Crippen LogP) is 4.08. The number of ether oxygens (including phenoxy) is 3. The van der Waals surface area contributed by atoms with Crippen LogP contribution in [0.15, 0.2) is 48.5 Å². The van der Waals surface area contributed by atoms with Crippen LogP contribution in [0, 0.1) is 0 Å². The maximum absolute atomic E-state index is 12.5. The number of halogens is 1. The third-order valence-corrected chi connectivity index (χ3v) is 7.26. The molecule has 2 fully saturated rings. The van der Waals surface area contributed by atoms with Gasteiger partial charge < -0.3 is 14.2 Å². The van der Waals surface area contributed by atoms with Gasteiger partial charge in [0.25, 0.3) is 5.24 Å². The van der Waals surface area contributed by atoms with Crippen molar-refractivity contribution in [2.75, 3.05) is 26.8 Å². The number of carbonyl (C=O) groups excluding carboxylic acids is 4. The summed E-state index contributed by atoms with van der Waals surface area (Å²) in [4.78, 5) is 51.0. The summed E-state index contributed by atoms with van der Waals surface area (Å²) in [6.45, 7) is 2.18. The van der Waals surface area contributed by atoms with E-state index in [2.05, 4.69) is 4.74 Å². The summed E-state index contributed by atoms with van der Waals surface area (Å²) >= 11 is 6.96. The molecule has 2 aliphatic rings. The molecule has 2 heterocycles. The summed E-state index contributed by atoms with van der Waals surface area (Å²) in [7, 11) is 1.21. The minimum absolute atomic E-state index is 0.222. The second kappa shape index (κ2) is 11.2. The molecule has 2 aromatic rings. The molecular weight excluding hydrogens is 508 g/mol. The SMILES string of the molecule is COC(=O)CN1C(=O)SC(Cc2ccc(OC[C@@H](C)N3C[C@@H](c4cccc(Cl)c4)OC3=O)cc2)C1=O. The fraction of sp³-hybridized carbons (Fsp3) is 0.360. The van der Waals surface area contributed by atoms with Gasteiger partial charge in [0.1, 0.15) is 25.0 Å². The molecule has 3 amide bonds. The Balaban J connectivity index is 1.28. The lowest BCUT2D eigenvalue weighted by molar-refractivity contribution is -0.144. The molecule has 0 saturated carbocycles. The summed E-state index contributed by atoms with van der Waals surface area (Å²) in [5, 5.41) is -0.465. The van der Waals surface area contributed by atoms with Gasteiger partial charge in [-0.25, -0.2) is 4.79 Å². The minimum atomic E-state index is -0.643. The van der Waals surface area contributed by atoms with E-state index in [0.29, 0.717) is 23.7 Å². The molecule has 0 N–H and O–H groups in total. The van der Waals surface area contributed by atoms with Gasteiger partial charge in [-0.05, 0) is 48.7 Å². The number of hydrogen-bond acceptors (Lipinski definition) is 8. The summed E-state index contributed by atoms with van der Waals surface area (Å²) in [5.41, 5.74) is 1.69. The highest BCUT2D eigenvalue weighted by Crippen LogP contribution is 2.31. The molecule has 3 atom stereocenters. The average molecular weight is 533 g/mol. The fourth-order valence-electron chi connectivity index (χ4n) is 3.93. The van der Waals surface area contributed by atoms with Crippen molar-refractivity contribution in [3.63, 3.8) is 0 Å². The summed E-state index contributed by atoms with van der Waals surface area (Å²) in [6.07, 6.45) is -0.445. The van der Waals surface area contributed by atoms with Crippen molar-refractivity contribution in [2.24, 2.45) is 0 Å². The van der Waals surface area contributed by atoms with Crippen molar-refractivity contribution in [2.45, 2.75) is 30.7 Å². The summed E-state index contributed by atoms with van der Waals surface area (Å²) < 4.78 is 15.9. The van der Waals surface area contributed by atoms with Crippen molar-refractivity contribution in [1.29, 1.82) is 0 Å². The van der Waals surface area contributed by atoms with Crippen LogP contribution < -0.4 is 4.74 Å². The molecule has 0 radical (unpaired) electrons. The van der Waals surface area contributed by atoms with E-state index in [1.54, 1.807) is 29.2 Å². The quantitative estimate of drug-likeness (QED) is 0.445. The van der Waals surface area contributed by atoms with Crippen LogP contribution in [0.5, 0.6) is 5.75 Å². The van der Waals surface area contributed by atoms with Crippen LogP contribution in [0.1, 0.15) is 24.2 Å². The standard InChI is InChI=1S/C25H25ClN2O7S/c1-15(27-12-20(35-24(27)31)17-4-3-5-18(26)11-17)14-34-19-8-6-16(7-9-19)10-21-23(30)28(25(32)36-21)13-22(29)33-2/h3-9,11,15,20-21H,10,12-14H2,1-2H3/t15-,20+,21?/m1/s1. The van der Waals surface area contributed by atoms with Gasteiger partial charge in [0.05, 0.1) is 24.9 Å². The van der Waals surface area contributed by atoms with E-state index in [0.717, 1.165) is 27.8 Å². The number of imide groups is 1. The molecule has 190 valence electrons. The predicted molar refractivity (Wildman–Crippen MR) is 133 cm³/mol. The van der Waals surface area contributed by atoms with Crippen molar-refractivity contribution in [3.8, 4) is 5.75 Å². The van der Waals surface area contributed by atoms with Crippen molar-refractivity contribution < 1.29 is 33.4 Å². The highest BCUT2D eigenvalue weighted by Gasteiger charge is 2.40. The molecule has 0 bridgehead atoms. The Hall–Kier alpha value is -3.24.